The largest absolute Gasteiger partial charge is 0.347 e. The third kappa shape index (κ3) is 3.70. The number of nitrogens with two attached hydrogens (primary N) is 1. The Morgan fingerprint density at radius 2 is 1.76 bits per heavy atom. The molecule has 0 aromatic carbocycles. The van der Waals surface area contributed by atoms with Gasteiger partial charge in [-0.15, -0.1) is 0 Å². The summed E-state index contributed by atoms with van der Waals surface area (Å²) in [4.78, 5) is 26.7. The predicted molar refractivity (Wildman–Crippen MR) is 66.3 cm³/mol. The molecular weight excluding hydrogens is 218 g/mol. The van der Waals surface area contributed by atoms with Gasteiger partial charge in [0.1, 0.15) is 0 Å². The molecule has 2 N–H and O–H groups in total. The molecule has 1 aliphatic carbocycles. The topological polar surface area (TPSA) is 66.6 Å². The van der Waals surface area contributed by atoms with Crippen molar-refractivity contribution in [2.45, 2.75) is 31.7 Å². The summed E-state index contributed by atoms with van der Waals surface area (Å²) < 4.78 is 0. The minimum Gasteiger partial charge on any atom is -0.347 e. The van der Waals surface area contributed by atoms with E-state index in [1.54, 1.807) is 21.1 Å². The number of amides is 2. The van der Waals surface area contributed by atoms with Gasteiger partial charge in [-0.1, -0.05) is 12.8 Å². The molecule has 5 nitrogen and oxygen atoms in total. The van der Waals surface area contributed by atoms with Crippen molar-refractivity contribution >= 4 is 11.8 Å². The molecule has 2 unspecified atom stereocenters. The number of hydrogen-bond donors (Lipinski definition) is 1. The van der Waals surface area contributed by atoms with Crippen LogP contribution in [0.2, 0.25) is 0 Å². The zero-order chi connectivity index (χ0) is 13.0. The van der Waals surface area contributed by atoms with Crippen LogP contribution in [0.1, 0.15) is 25.7 Å². The lowest BCUT2D eigenvalue weighted by atomic mass is 9.84. The van der Waals surface area contributed by atoms with Crippen molar-refractivity contribution in [2.24, 2.45) is 11.7 Å². The van der Waals surface area contributed by atoms with Gasteiger partial charge in [0.05, 0.1) is 12.5 Å². The lowest BCUT2D eigenvalue weighted by molar-refractivity contribution is -0.141. The average molecular weight is 241 g/mol. The Balaban J connectivity index is 2.53. The molecule has 0 bridgehead atoms. The summed E-state index contributed by atoms with van der Waals surface area (Å²) in [6, 6.07) is -0.0480. The Bertz CT molecular complexity index is 291. The number of carbonyl (C=O) groups excluding carboxylic acids is 2. The van der Waals surface area contributed by atoms with Crippen LogP contribution in [0.4, 0.5) is 0 Å². The summed E-state index contributed by atoms with van der Waals surface area (Å²) in [7, 11) is 5.05. The third-order valence-corrected chi connectivity index (χ3v) is 3.38. The van der Waals surface area contributed by atoms with Gasteiger partial charge in [0.25, 0.3) is 0 Å². The quantitative estimate of drug-likeness (QED) is 0.759. The predicted octanol–water partition coefficient (Wildman–Crippen LogP) is 0.0505. The van der Waals surface area contributed by atoms with Crippen molar-refractivity contribution in [1.29, 1.82) is 0 Å². The first-order chi connectivity index (χ1) is 7.93. The van der Waals surface area contributed by atoms with Crippen LogP contribution in [0.5, 0.6) is 0 Å². The van der Waals surface area contributed by atoms with E-state index in [-0.39, 0.29) is 30.3 Å². The highest BCUT2D eigenvalue weighted by atomic mass is 16.2. The molecule has 98 valence electrons. The second kappa shape index (κ2) is 6.00. The molecule has 2 amide bonds. The molecule has 2 atom stereocenters. The zero-order valence-electron chi connectivity index (χ0n) is 11.0. The molecule has 0 aliphatic heterocycles. The molecule has 1 saturated carbocycles. The van der Waals surface area contributed by atoms with Crippen LogP contribution in [-0.4, -0.2) is 55.3 Å². The average Bonchev–Trinajstić information content (AvgIpc) is 2.28. The summed E-state index contributed by atoms with van der Waals surface area (Å²) in [5, 5.41) is 0. The van der Waals surface area contributed by atoms with Crippen LogP contribution in [0.15, 0.2) is 0 Å². The molecule has 17 heavy (non-hydrogen) atoms. The van der Waals surface area contributed by atoms with Crippen LogP contribution < -0.4 is 5.73 Å². The molecule has 0 radical (unpaired) electrons. The minimum absolute atomic E-state index is 0.00685. The standard InChI is InChI=1S/C12H23N3O2/c1-14(2)11(16)8-15(3)12(17)9-6-4-5-7-10(9)13/h9-10H,4-8,13H2,1-3H3. The molecule has 0 spiro atoms. The second-order valence-corrected chi connectivity index (χ2v) is 5.04. The molecule has 5 heteroatoms. The molecule has 1 fully saturated rings. The molecular formula is C12H23N3O2. The van der Waals surface area contributed by atoms with Gasteiger partial charge in [0.15, 0.2) is 0 Å². The summed E-state index contributed by atoms with van der Waals surface area (Å²) in [5.41, 5.74) is 5.97. The monoisotopic (exact) mass is 241 g/mol. The summed E-state index contributed by atoms with van der Waals surface area (Å²) in [6.07, 6.45) is 3.91. The number of nitrogens with zero attached hydrogens (tertiary/aromatic N) is 2. The van der Waals surface area contributed by atoms with Crippen LogP contribution in [0.25, 0.3) is 0 Å². The van der Waals surface area contributed by atoms with E-state index in [1.807, 2.05) is 0 Å². The SMILES string of the molecule is CN(C)C(=O)CN(C)C(=O)C1CCCCC1N. The number of hydrogen-bond acceptors (Lipinski definition) is 3. The van der Waals surface area contributed by atoms with Gasteiger partial charge in [-0.3, -0.25) is 9.59 Å². The second-order valence-electron chi connectivity index (χ2n) is 5.04. The highest BCUT2D eigenvalue weighted by Crippen LogP contribution is 2.24. The van der Waals surface area contributed by atoms with Gasteiger partial charge in [0, 0.05) is 27.2 Å². The van der Waals surface area contributed by atoms with Crippen LogP contribution >= 0.6 is 0 Å². The maximum atomic E-state index is 12.1. The van der Waals surface area contributed by atoms with E-state index in [4.69, 9.17) is 5.73 Å². The van der Waals surface area contributed by atoms with Gasteiger partial charge in [-0.2, -0.15) is 0 Å². The highest BCUT2D eigenvalue weighted by molar-refractivity contribution is 5.85. The fourth-order valence-electron chi connectivity index (χ4n) is 2.17. The first-order valence-corrected chi connectivity index (χ1v) is 6.14. The van der Waals surface area contributed by atoms with E-state index >= 15 is 0 Å². The van der Waals surface area contributed by atoms with Gasteiger partial charge in [-0.25, -0.2) is 0 Å². The van der Waals surface area contributed by atoms with Crippen LogP contribution in [0.3, 0.4) is 0 Å². The summed E-state index contributed by atoms with van der Waals surface area (Å²) >= 11 is 0. The zero-order valence-corrected chi connectivity index (χ0v) is 11.0. The Morgan fingerprint density at radius 3 is 2.29 bits per heavy atom. The summed E-state index contributed by atoms with van der Waals surface area (Å²) in [5.74, 6) is -0.165. The third-order valence-electron chi connectivity index (χ3n) is 3.38. The van der Waals surface area contributed by atoms with E-state index in [0.29, 0.717) is 0 Å². The molecule has 0 aromatic rings. The van der Waals surface area contributed by atoms with Gasteiger partial charge >= 0.3 is 0 Å². The van der Waals surface area contributed by atoms with Gasteiger partial charge in [-0.05, 0) is 12.8 Å². The van der Waals surface area contributed by atoms with Crippen molar-refractivity contribution in [3.8, 4) is 0 Å². The number of likely N-dealkylation sites (N-methyl/N-ethyl adjacent to an activating group) is 2. The smallest absolute Gasteiger partial charge is 0.241 e. The van der Waals surface area contributed by atoms with Crippen LogP contribution in [0, 0.1) is 5.92 Å². The molecule has 0 saturated heterocycles. The molecule has 0 heterocycles. The first kappa shape index (κ1) is 14.0. The maximum Gasteiger partial charge on any atom is 0.241 e. The molecule has 1 aliphatic rings. The molecule has 0 aromatic heterocycles. The Kier molecular flexibility index (Phi) is 4.93. The van der Waals surface area contributed by atoms with E-state index in [2.05, 4.69) is 0 Å². The van der Waals surface area contributed by atoms with Crippen molar-refractivity contribution in [3.63, 3.8) is 0 Å². The number of rotatable bonds is 3. The fourth-order valence-corrected chi connectivity index (χ4v) is 2.17. The van der Waals surface area contributed by atoms with E-state index in [9.17, 15) is 9.59 Å². The summed E-state index contributed by atoms with van der Waals surface area (Å²) in [6.45, 7) is 0.134. The van der Waals surface area contributed by atoms with Crippen molar-refractivity contribution < 1.29 is 9.59 Å². The maximum absolute atomic E-state index is 12.1. The Labute approximate surface area is 103 Å². The molecule has 1 rings (SSSR count). The van der Waals surface area contributed by atoms with E-state index in [0.717, 1.165) is 25.7 Å². The fraction of sp³-hybridized carbons (Fsp3) is 0.833. The first-order valence-electron chi connectivity index (χ1n) is 6.14. The van der Waals surface area contributed by atoms with Crippen LogP contribution in [-0.2, 0) is 9.59 Å². The Morgan fingerprint density at radius 1 is 1.18 bits per heavy atom. The minimum atomic E-state index is -0.108. The lowest BCUT2D eigenvalue weighted by Crippen LogP contribution is -2.47. The van der Waals surface area contributed by atoms with Gasteiger partial charge < -0.3 is 15.5 Å². The highest BCUT2D eigenvalue weighted by Gasteiger charge is 2.30. The van der Waals surface area contributed by atoms with Crippen molar-refractivity contribution in [1.82, 2.24) is 9.80 Å². The van der Waals surface area contributed by atoms with E-state index in [1.165, 1.54) is 9.80 Å². The Hall–Kier alpha value is -1.10. The number of carbonyl (C=O) groups is 2. The van der Waals surface area contributed by atoms with Crippen molar-refractivity contribution in [3.05, 3.63) is 0 Å². The lowest BCUT2D eigenvalue weighted by Gasteiger charge is -2.31. The van der Waals surface area contributed by atoms with Crippen molar-refractivity contribution in [2.75, 3.05) is 27.7 Å². The van der Waals surface area contributed by atoms with E-state index < -0.39 is 0 Å². The van der Waals surface area contributed by atoms with Gasteiger partial charge in [0.2, 0.25) is 11.8 Å². The normalized spacial score (nSPS) is 24.2.